The fourth-order valence-corrected chi connectivity index (χ4v) is 3.13. The number of aliphatic carboxylic acids is 2. The summed E-state index contributed by atoms with van der Waals surface area (Å²) in [6.45, 7) is 6.05. The first-order valence-electron chi connectivity index (χ1n) is 12.6. The molecule has 0 amide bonds. The molecular weight excluding hydrogens is 424 g/mol. The first kappa shape index (κ1) is 33.0. The highest BCUT2D eigenvalue weighted by molar-refractivity contribution is 5.88. The van der Waals surface area contributed by atoms with Gasteiger partial charge in [-0.05, 0) is 12.8 Å². The van der Waals surface area contributed by atoms with E-state index in [1.54, 1.807) is 0 Å². The molecule has 33 heavy (non-hydrogen) atoms. The number of carboxylic acid groups (broad SMARTS) is 2. The SMILES string of the molecule is C=CCCCCCCCCCCCCCCCC.O=C(O)CCC(=O)OC(=O)CCC(=O)O. The van der Waals surface area contributed by atoms with Crippen molar-refractivity contribution in [1.82, 2.24) is 0 Å². The molecule has 0 aliphatic heterocycles. The van der Waals surface area contributed by atoms with E-state index in [2.05, 4.69) is 18.2 Å². The molecule has 0 radical (unpaired) electrons. The molecule has 0 unspecified atom stereocenters. The Morgan fingerprint density at radius 2 is 0.939 bits per heavy atom. The van der Waals surface area contributed by atoms with E-state index in [0.717, 1.165) is 0 Å². The monoisotopic (exact) mass is 470 g/mol. The molecule has 0 saturated carbocycles. The van der Waals surface area contributed by atoms with Crippen molar-refractivity contribution < 1.29 is 34.1 Å². The van der Waals surface area contributed by atoms with Crippen molar-refractivity contribution in [3.63, 3.8) is 0 Å². The number of carbonyl (C=O) groups is 4. The maximum Gasteiger partial charge on any atom is 0.314 e. The van der Waals surface area contributed by atoms with Crippen molar-refractivity contribution in [2.75, 3.05) is 0 Å². The van der Waals surface area contributed by atoms with Crippen molar-refractivity contribution in [1.29, 1.82) is 0 Å². The van der Waals surface area contributed by atoms with Crippen LogP contribution in [0.1, 0.15) is 129 Å². The molecule has 0 aliphatic carbocycles. The number of carbonyl (C=O) groups excluding carboxylic acids is 2. The van der Waals surface area contributed by atoms with E-state index in [1.165, 1.54) is 96.3 Å². The first-order valence-corrected chi connectivity index (χ1v) is 12.6. The smallest absolute Gasteiger partial charge is 0.314 e. The molecule has 0 rings (SSSR count). The number of unbranched alkanes of at least 4 members (excludes halogenated alkanes) is 14. The van der Waals surface area contributed by atoms with E-state index in [1.807, 2.05) is 6.08 Å². The Kier molecular flexibility index (Phi) is 26.1. The van der Waals surface area contributed by atoms with Gasteiger partial charge in [-0.25, -0.2) is 0 Å². The third kappa shape index (κ3) is 32.1. The second-order valence-corrected chi connectivity index (χ2v) is 8.31. The van der Waals surface area contributed by atoms with Gasteiger partial charge >= 0.3 is 23.9 Å². The van der Waals surface area contributed by atoms with Gasteiger partial charge in [0.05, 0.1) is 25.7 Å². The van der Waals surface area contributed by atoms with Crippen LogP contribution in [0.5, 0.6) is 0 Å². The van der Waals surface area contributed by atoms with E-state index in [9.17, 15) is 19.2 Å². The molecule has 2 N–H and O–H groups in total. The molecule has 7 heteroatoms. The normalized spacial score (nSPS) is 10.1. The van der Waals surface area contributed by atoms with Crippen molar-refractivity contribution in [3.05, 3.63) is 12.7 Å². The second kappa shape index (κ2) is 26.1. The van der Waals surface area contributed by atoms with Gasteiger partial charge in [0.15, 0.2) is 0 Å². The Balaban J connectivity index is 0. The minimum absolute atomic E-state index is 0.409. The lowest BCUT2D eigenvalue weighted by Crippen LogP contribution is -2.14. The largest absolute Gasteiger partial charge is 0.481 e. The van der Waals surface area contributed by atoms with E-state index >= 15 is 0 Å². The van der Waals surface area contributed by atoms with Crippen LogP contribution in [0.3, 0.4) is 0 Å². The molecule has 0 fully saturated rings. The molecule has 0 aromatic rings. The number of allylic oxidation sites excluding steroid dienone is 1. The van der Waals surface area contributed by atoms with Crippen molar-refractivity contribution >= 4 is 23.9 Å². The van der Waals surface area contributed by atoms with Crippen LogP contribution in [-0.2, 0) is 23.9 Å². The minimum atomic E-state index is -1.18. The highest BCUT2D eigenvalue weighted by Crippen LogP contribution is 2.13. The molecule has 0 aromatic heterocycles. The van der Waals surface area contributed by atoms with Gasteiger partial charge in [-0.3, -0.25) is 19.2 Å². The summed E-state index contributed by atoms with van der Waals surface area (Å²) in [5.41, 5.74) is 0. The van der Waals surface area contributed by atoms with Crippen LogP contribution < -0.4 is 0 Å². The lowest BCUT2D eigenvalue weighted by Gasteiger charge is -2.02. The number of hydrogen-bond acceptors (Lipinski definition) is 5. The molecule has 0 aliphatic rings. The summed E-state index contributed by atoms with van der Waals surface area (Å²) in [5, 5.41) is 16.4. The summed E-state index contributed by atoms with van der Waals surface area (Å²) < 4.78 is 4.15. The van der Waals surface area contributed by atoms with Gasteiger partial charge < -0.3 is 14.9 Å². The molecule has 0 bridgehead atoms. The van der Waals surface area contributed by atoms with E-state index in [4.69, 9.17) is 10.2 Å². The summed E-state index contributed by atoms with van der Waals surface area (Å²) in [5.74, 6) is -4.28. The van der Waals surface area contributed by atoms with Crippen LogP contribution >= 0.6 is 0 Å². The van der Waals surface area contributed by atoms with Gasteiger partial charge in [-0.2, -0.15) is 0 Å². The zero-order valence-corrected chi connectivity index (χ0v) is 20.7. The first-order chi connectivity index (χ1) is 15.8. The van der Waals surface area contributed by atoms with Crippen LogP contribution in [0.15, 0.2) is 12.7 Å². The summed E-state index contributed by atoms with van der Waals surface area (Å²) in [6.07, 6.45) is 21.8. The van der Waals surface area contributed by atoms with E-state index in [-0.39, 0.29) is 0 Å². The van der Waals surface area contributed by atoms with Crippen LogP contribution in [0.4, 0.5) is 0 Å². The maximum atomic E-state index is 10.7. The Morgan fingerprint density at radius 1 is 0.606 bits per heavy atom. The highest BCUT2D eigenvalue weighted by Gasteiger charge is 2.13. The van der Waals surface area contributed by atoms with Crippen molar-refractivity contribution in [2.24, 2.45) is 0 Å². The molecular formula is C26H46O7. The Hall–Kier alpha value is -2.18. The zero-order valence-electron chi connectivity index (χ0n) is 20.7. The van der Waals surface area contributed by atoms with Crippen LogP contribution in [0.25, 0.3) is 0 Å². The zero-order chi connectivity index (χ0) is 25.2. The average molecular weight is 471 g/mol. The van der Waals surface area contributed by atoms with Gasteiger partial charge in [0.2, 0.25) is 0 Å². The fraction of sp³-hybridized carbons (Fsp3) is 0.769. The van der Waals surface area contributed by atoms with Gasteiger partial charge in [-0.1, -0.05) is 96.5 Å². The van der Waals surface area contributed by atoms with E-state index < -0.39 is 49.6 Å². The molecule has 192 valence electrons. The second-order valence-electron chi connectivity index (χ2n) is 8.31. The highest BCUT2D eigenvalue weighted by atomic mass is 16.6. The molecule has 0 spiro atoms. The number of carboxylic acids is 2. The van der Waals surface area contributed by atoms with Gasteiger partial charge in [0, 0.05) is 0 Å². The summed E-state index contributed by atoms with van der Waals surface area (Å²) >= 11 is 0. The summed E-state index contributed by atoms with van der Waals surface area (Å²) in [7, 11) is 0. The van der Waals surface area contributed by atoms with Crippen LogP contribution in [0, 0.1) is 0 Å². The lowest BCUT2D eigenvalue weighted by atomic mass is 10.0. The van der Waals surface area contributed by atoms with Gasteiger partial charge in [0.1, 0.15) is 0 Å². The third-order valence-electron chi connectivity index (χ3n) is 5.08. The van der Waals surface area contributed by atoms with Crippen LogP contribution in [0.2, 0.25) is 0 Å². The molecule has 7 nitrogen and oxygen atoms in total. The Morgan fingerprint density at radius 3 is 1.24 bits per heavy atom. The van der Waals surface area contributed by atoms with Gasteiger partial charge in [-0.15, -0.1) is 6.58 Å². The Labute approximate surface area is 200 Å². The fourth-order valence-electron chi connectivity index (χ4n) is 3.13. The maximum absolute atomic E-state index is 10.7. The molecule has 0 aromatic carbocycles. The predicted molar refractivity (Wildman–Crippen MR) is 130 cm³/mol. The lowest BCUT2D eigenvalue weighted by molar-refractivity contribution is -0.162. The number of rotatable bonds is 21. The number of hydrogen-bond donors (Lipinski definition) is 2. The van der Waals surface area contributed by atoms with Gasteiger partial charge in [0.25, 0.3) is 0 Å². The average Bonchev–Trinajstić information content (AvgIpc) is 2.77. The third-order valence-corrected chi connectivity index (χ3v) is 5.08. The standard InChI is InChI=1S/C18H36.C8H10O7/c1-3-5-7-9-11-13-15-17-18-16-14-12-10-8-6-4-2;9-5(10)1-3-7(13)15-8(14)4-2-6(11)12/h3H,1,4-18H2,2H3;1-4H2,(H,9,10)(H,11,12). The van der Waals surface area contributed by atoms with E-state index in [0.29, 0.717) is 0 Å². The number of esters is 2. The molecule has 0 atom stereocenters. The topological polar surface area (TPSA) is 118 Å². The van der Waals surface area contributed by atoms with Crippen molar-refractivity contribution in [3.8, 4) is 0 Å². The Bertz CT molecular complexity index is 501. The predicted octanol–water partition coefficient (Wildman–Crippen LogP) is 6.83. The van der Waals surface area contributed by atoms with Crippen LogP contribution in [-0.4, -0.2) is 34.1 Å². The quantitative estimate of drug-likeness (QED) is 0.0816. The summed E-state index contributed by atoms with van der Waals surface area (Å²) in [4.78, 5) is 41.6. The number of ether oxygens (including phenoxy) is 1. The summed E-state index contributed by atoms with van der Waals surface area (Å²) in [6, 6.07) is 0. The molecule has 0 heterocycles. The molecule has 0 saturated heterocycles. The van der Waals surface area contributed by atoms with Crippen molar-refractivity contribution in [2.45, 2.75) is 129 Å². The minimum Gasteiger partial charge on any atom is -0.481 e.